The first-order valence-electron chi connectivity index (χ1n) is 6.48. The van der Waals surface area contributed by atoms with Gasteiger partial charge in [0.15, 0.2) is 0 Å². The van der Waals surface area contributed by atoms with Crippen LogP contribution in [0.3, 0.4) is 0 Å². The summed E-state index contributed by atoms with van der Waals surface area (Å²) in [7, 11) is -3.48. The minimum atomic E-state index is -3.48. The van der Waals surface area contributed by atoms with Crippen molar-refractivity contribution in [2.75, 3.05) is 0 Å². The number of benzene rings is 1. The molecule has 0 aliphatic heterocycles. The average Bonchev–Trinajstić information content (AvgIpc) is 2.35. The van der Waals surface area contributed by atoms with Crippen LogP contribution in [0.4, 0.5) is 0 Å². The van der Waals surface area contributed by atoms with Gasteiger partial charge in [-0.05, 0) is 30.5 Å². The summed E-state index contributed by atoms with van der Waals surface area (Å²) < 4.78 is 26.8. The fourth-order valence-electron chi connectivity index (χ4n) is 2.06. The summed E-state index contributed by atoms with van der Waals surface area (Å²) in [5.74, 6) is -0.121. The molecule has 1 aliphatic carbocycles. The van der Waals surface area contributed by atoms with Crippen LogP contribution in [-0.2, 0) is 21.4 Å². The van der Waals surface area contributed by atoms with Crippen molar-refractivity contribution in [3.63, 3.8) is 0 Å². The maximum absolute atomic E-state index is 12.1. The monoisotopic (exact) mass is 297 g/mol. The zero-order valence-corrected chi connectivity index (χ0v) is 12.1. The Morgan fingerprint density at radius 3 is 2.40 bits per heavy atom. The minimum absolute atomic E-state index is 0.0611. The minimum Gasteiger partial charge on any atom is -0.352 e. The van der Waals surface area contributed by atoms with Gasteiger partial charge in [0, 0.05) is 25.6 Å². The molecular formula is C13H19N3O3S. The summed E-state index contributed by atoms with van der Waals surface area (Å²) in [6, 6.07) is 6.50. The van der Waals surface area contributed by atoms with E-state index in [1.807, 2.05) is 0 Å². The fraction of sp³-hybridized carbons (Fsp3) is 0.462. The molecule has 1 aromatic carbocycles. The molecule has 0 heterocycles. The molecule has 0 aromatic heterocycles. The van der Waals surface area contributed by atoms with Crippen LogP contribution < -0.4 is 15.8 Å². The Kier molecular flexibility index (Phi) is 4.42. The number of amides is 1. The Hall–Kier alpha value is -1.44. The van der Waals surface area contributed by atoms with Crippen molar-refractivity contribution in [2.45, 2.75) is 43.3 Å². The average molecular weight is 297 g/mol. The molecule has 1 aliphatic rings. The number of carbonyl (C=O) groups excluding carboxylic acids is 1. The molecule has 20 heavy (non-hydrogen) atoms. The maximum atomic E-state index is 12.1. The Balaban J connectivity index is 1.99. The fourth-order valence-corrected chi connectivity index (χ4v) is 3.32. The number of hydrogen-bond acceptors (Lipinski definition) is 4. The van der Waals surface area contributed by atoms with Gasteiger partial charge >= 0.3 is 0 Å². The van der Waals surface area contributed by atoms with E-state index in [4.69, 9.17) is 5.73 Å². The van der Waals surface area contributed by atoms with Crippen LogP contribution >= 0.6 is 0 Å². The molecule has 7 heteroatoms. The molecule has 1 saturated carbocycles. The summed E-state index contributed by atoms with van der Waals surface area (Å²) in [4.78, 5) is 11.0. The van der Waals surface area contributed by atoms with Crippen LogP contribution in [-0.4, -0.2) is 26.4 Å². The van der Waals surface area contributed by atoms with Crippen LogP contribution in [0, 0.1) is 0 Å². The SMILES string of the molecule is CC(=O)NCc1ccc(S(=O)(=O)NC2CC(N)C2)cc1. The van der Waals surface area contributed by atoms with Gasteiger partial charge in [0.05, 0.1) is 4.90 Å². The van der Waals surface area contributed by atoms with E-state index in [0.717, 1.165) is 5.56 Å². The first-order chi connectivity index (χ1) is 9.37. The molecule has 0 unspecified atom stereocenters. The highest BCUT2D eigenvalue weighted by molar-refractivity contribution is 7.89. The molecule has 0 bridgehead atoms. The number of rotatable bonds is 5. The van der Waals surface area contributed by atoms with Crippen LogP contribution in [0.2, 0.25) is 0 Å². The summed E-state index contributed by atoms with van der Waals surface area (Å²) in [5.41, 5.74) is 6.49. The first-order valence-corrected chi connectivity index (χ1v) is 7.96. The van der Waals surface area contributed by atoms with Crippen molar-refractivity contribution in [3.8, 4) is 0 Å². The number of nitrogens with two attached hydrogens (primary N) is 1. The topological polar surface area (TPSA) is 101 Å². The van der Waals surface area contributed by atoms with Gasteiger partial charge in [-0.25, -0.2) is 13.1 Å². The van der Waals surface area contributed by atoms with E-state index in [-0.39, 0.29) is 22.9 Å². The first kappa shape index (κ1) is 15.0. The third-order valence-corrected chi connectivity index (χ3v) is 4.81. The van der Waals surface area contributed by atoms with Crippen LogP contribution in [0.25, 0.3) is 0 Å². The highest BCUT2D eigenvalue weighted by Crippen LogP contribution is 2.20. The molecule has 1 aromatic rings. The number of nitrogens with one attached hydrogen (secondary N) is 2. The Morgan fingerprint density at radius 1 is 1.30 bits per heavy atom. The predicted molar refractivity (Wildman–Crippen MR) is 75.3 cm³/mol. The molecule has 6 nitrogen and oxygen atoms in total. The van der Waals surface area contributed by atoms with Gasteiger partial charge in [0.25, 0.3) is 0 Å². The number of carbonyl (C=O) groups is 1. The van der Waals surface area contributed by atoms with Gasteiger partial charge in [0.2, 0.25) is 15.9 Å². The van der Waals surface area contributed by atoms with Crippen molar-refractivity contribution in [1.82, 2.24) is 10.0 Å². The summed E-state index contributed by atoms with van der Waals surface area (Å²) in [6.45, 7) is 1.83. The summed E-state index contributed by atoms with van der Waals surface area (Å²) in [6.07, 6.45) is 1.36. The molecule has 0 saturated heterocycles. The normalized spacial score (nSPS) is 22.1. The van der Waals surface area contributed by atoms with E-state index < -0.39 is 10.0 Å². The molecular weight excluding hydrogens is 278 g/mol. The molecule has 110 valence electrons. The van der Waals surface area contributed by atoms with Gasteiger partial charge in [-0.15, -0.1) is 0 Å². The molecule has 0 atom stereocenters. The van der Waals surface area contributed by atoms with Gasteiger partial charge in [-0.1, -0.05) is 12.1 Å². The number of sulfonamides is 1. The zero-order valence-electron chi connectivity index (χ0n) is 11.3. The van der Waals surface area contributed by atoms with Crippen molar-refractivity contribution in [3.05, 3.63) is 29.8 Å². The molecule has 1 fully saturated rings. The Bertz CT molecular complexity index is 577. The van der Waals surface area contributed by atoms with Crippen molar-refractivity contribution >= 4 is 15.9 Å². The molecule has 0 spiro atoms. The zero-order chi connectivity index (χ0) is 14.8. The lowest BCUT2D eigenvalue weighted by molar-refractivity contribution is -0.119. The highest BCUT2D eigenvalue weighted by Gasteiger charge is 2.30. The molecule has 2 rings (SSSR count). The van der Waals surface area contributed by atoms with Crippen LogP contribution in [0.5, 0.6) is 0 Å². The van der Waals surface area contributed by atoms with E-state index in [1.165, 1.54) is 19.1 Å². The van der Waals surface area contributed by atoms with Gasteiger partial charge in [-0.2, -0.15) is 0 Å². The lowest BCUT2D eigenvalue weighted by Gasteiger charge is -2.32. The quantitative estimate of drug-likeness (QED) is 0.717. The largest absolute Gasteiger partial charge is 0.352 e. The van der Waals surface area contributed by atoms with E-state index in [9.17, 15) is 13.2 Å². The van der Waals surface area contributed by atoms with Crippen LogP contribution in [0.15, 0.2) is 29.2 Å². The van der Waals surface area contributed by atoms with Crippen molar-refractivity contribution in [2.24, 2.45) is 5.73 Å². The third kappa shape index (κ3) is 3.78. The summed E-state index contributed by atoms with van der Waals surface area (Å²) >= 11 is 0. The molecule has 1 amide bonds. The Labute approximate surface area is 118 Å². The van der Waals surface area contributed by atoms with Crippen molar-refractivity contribution < 1.29 is 13.2 Å². The predicted octanol–water partition coefficient (Wildman–Crippen LogP) is 0.0907. The Morgan fingerprint density at radius 2 is 1.90 bits per heavy atom. The van der Waals surface area contributed by atoms with E-state index >= 15 is 0 Å². The van der Waals surface area contributed by atoms with E-state index in [1.54, 1.807) is 12.1 Å². The van der Waals surface area contributed by atoms with E-state index in [2.05, 4.69) is 10.0 Å². The van der Waals surface area contributed by atoms with Gasteiger partial charge in [-0.3, -0.25) is 4.79 Å². The highest BCUT2D eigenvalue weighted by atomic mass is 32.2. The van der Waals surface area contributed by atoms with Crippen LogP contribution in [0.1, 0.15) is 25.3 Å². The molecule has 0 radical (unpaired) electrons. The van der Waals surface area contributed by atoms with Gasteiger partial charge in [0.1, 0.15) is 0 Å². The second kappa shape index (κ2) is 5.90. The second-order valence-corrected chi connectivity index (χ2v) is 6.82. The third-order valence-electron chi connectivity index (χ3n) is 3.27. The molecule has 4 N–H and O–H groups in total. The van der Waals surface area contributed by atoms with Gasteiger partial charge < -0.3 is 11.1 Å². The lowest BCUT2D eigenvalue weighted by Crippen LogP contribution is -2.50. The smallest absolute Gasteiger partial charge is 0.240 e. The lowest BCUT2D eigenvalue weighted by atomic mass is 9.89. The number of hydrogen-bond donors (Lipinski definition) is 3. The standard InChI is InChI=1S/C13H19N3O3S/c1-9(17)15-8-10-2-4-13(5-3-10)20(18,19)16-12-6-11(14)7-12/h2-5,11-12,16H,6-8,14H2,1H3,(H,15,17). The van der Waals surface area contributed by atoms with Crippen molar-refractivity contribution in [1.29, 1.82) is 0 Å². The second-order valence-electron chi connectivity index (χ2n) is 5.10. The maximum Gasteiger partial charge on any atom is 0.240 e. The summed E-state index contributed by atoms with van der Waals surface area (Å²) in [5, 5.41) is 2.66. The van der Waals surface area contributed by atoms with E-state index in [0.29, 0.717) is 19.4 Å².